The Labute approximate surface area is 126 Å². The summed E-state index contributed by atoms with van der Waals surface area (Å²) in [5.41, 5.74) is -0.407. The minimum absolute atomic E-state index is 0.241. The molecular weight excluding hydrogens is 266 g/mol. The Morgan fingerprint density at radius 3 is 2.33 bits per heavy atom. The second-order valence-corrected chi connectivity index (χ2v) is 5.74. The zero-order chi connectivity index (χ0) is 15.9. The fourth-order valence-electron chi connectivity index (χ4n) is 2.65. The number of carbonyl (C=O) groups is 2. The molecule has 0 bridgehead atoms. The summed E-state index contributed by atoms with van der Waals surface area (Å²) in [4.78, 5) is 24.7. The number of hydrogen-bond donors (Lipinski definition) is 1. The van der Waals surface area contributed by atoms with Gasteiger partial charge in [-0.05, 0) is 30.9 Å². The van der Waals surface area contributed by atoms with Crippen LogP contribution >= 0.6 is 0 Å². The van der Waals surface area contributed by atoms with E-state index in [-0.39, 0.29) is 17.8 Å². The molecule has 1 atom stereocenters. The Hall–Kier alpha value is -1.84. The van der Waals surface area contributed by atoms with E-state index in [9.17, 15) is 9.59 Å². The van der Waals surface area contributed by atoms with Crippen molar-refractivity contribution in [2.75, 3.05) is 7.11 Å². The standard InChI is InChI=1S/C17H25NO3/c1-5-11-17(12-13(2)3,16(20)21-4)18-15(19)14-9-7-6-8-10-14/h6-10,13H,5,11-12H2,1-4H3,(H,18,19)/t17-/m0/s1. The van der Waals surface area contributed by atoms with Gasteiger partial charge in [-0.2, -0.15) is 0 Å². The molecule has 0 spiro atoms. The maximum Gasteiger partial charge on any atom is 0.331 e. The molecule has 0 aliphatic heterocycles. The lowest BCUT2D eigenvalue weighted by Crippen LogP contribution is -2.55. The lowest BCUT2D eigenvalue weighted by atomic mass is 9.84. The minimum Gasteiger partial charge on any atom is -0.467 e. The molecule has 1 rings (SSSR count). The molecule has 0 saturated carbocycles. The van der Waals surface area contributed by atoms with E-state index in [1.807, 2.05) is 26.8 Å². The first-order chi connectivity index (χ1) is 9.95. The highest BCUT2D eigenvalue weighted by Gasteiger charge is 2.40. The van der Waals surface area contributed by atoms with E-state index >= 15 is 0 Å². The number of nitrogens with one attached hydrogen (secondary N) is 1. The van der Waals surface area contributed by atoms with Gasteiger partial charge in [0.05, 0.1) is 7.11 Å². The molecule has 0 saturated heterocycles. The van der Waals surface area contributed by atoms with Gasteiger partial charge in [0, 0.05) is 5.56 Å². The summed E-state index contributed by atoms with van der Waals surface area (Å²) in [5.74, 6) is -0.343. The summed E-state index contributed by atoms with van der Waals surface area (Å²) in [7, 11) is 1.36. The zero-order valence-electron chi connectivity index (χ0n) is 13.3. The number of esters is 1. The molecule has 1 aromatic rings. The van der Waals surface area contributed by atoms with Crippen LogP contribution in [0.3, 0.4) is 0 Å². The molecule has 1 aromatic carbocycles. The number of ether oxygens (including phenoxy) is 1. The van der Waals surface area contributed by atoms with Crippen LogP contribution in [0, 0.1) is 5.92 Å². The Morgan fingerprint density at radius 1 is 1.24 bits per heavy atom. The highest BCUT2D eigenvalue weighted by Crippen LogP contribution is 2.25. The van der Waals surface area contributed by atoms with Gasteiger partial charge < -0.3 is 10.1 Å². The number of hydrogen-bond acceptors (Lipinski definition) is 3. The topological polar surface area (TPSA) is 55.4 Å². The Balaban J connectivity index is 3.05. The van der Waals surface area contributed by atoms with Crippen LogP contribution in [0.4, 0.5) is 0 Å². The van der Waals surface area contributed by atoms with Crippen molar-refractivity contribution in [2.24, 2.45) is 5.92 Å². The maximum atomic E-state index is 12.4. The number of carbonyl (C=O) groups excluding carboxylic acids is 2. The second kappa shape index (κ2) is 7.81. The van der Waals surface area contributed by atoms with Crippen LogP contribution in [-0.4, -0.2) is 24.5 Å². The van der Waals surface area contributed by atoms with Crippen molar-refractivity contribution < 1.29 is 14.3 Å². The van der Waals surface area contributed by atoms with E-state index in [0.717, 1.165) is 6.42 Å². The summed E-state index contributed by atoms with van der Waals surface area (Å²) < 4.78 is 4.95. The Bertz CT molecular complexity index is 470. The van der Waals surface area contributed by atoms with Crippen molar-refractivity contribution in [1.82, 2.24) is 5.32 Å². The Kier molecular flexibility index (Phi) is 6.40. The molecule has 21 heavy (non-hydrogen) atoms. The summed E-state index contributed by atoms with van der Waals surface area (Å²) in [6.07, 6.45) is 1.92. The molecule has 1 N–H and O–H groups in total. The monoisotopic (exact) mass is 291 g/mol. The molecule has 0 heterocycles. The molecule has 4 nitrogen and oxygen atoms in total. The third kappa shape index (κ3) is 4.59. The molecule has 4 heteroatoms. The smallest absolute Gasteiger partial charge is 0.331 e. The van der Waals surface area contributed by atoms with Crippen molar-refractivity contribution in [3.05, 3.63) is 35.9 Å². The Morgan fingerprint density at radius 2 is 1.86 bits per heavy atom. The molecule has 0 unspecified atom stereocenters. The largest absolute Gasteiger partial charge is 0.467 e. The van der Waals surface area contributed by atoms with E-state index in [0.29, 0.717) is 18.4 Å². The van der Waals surface area contributed by atoms with E-state index < -0.39 is 5.54 Å². The van der Waals surface area contributed by atoms with Crippen LogP contribution < -0.4 is 5.32 Å². The first-order valence-electron chi connectivity index (χ1n) is 7.41. The minimum atomic E-state index is -0.954. The van der Waals surface area contributed by atoms with Crippen molar-refractivity contribution in [3.63, 3.8) is 0 Å². The van der Waals surface area contributed by atoms with E-state index in [2.05, 4.69) is 5.32 Å². The number of benzene rings is 1. The normalized spacial score (nSPS) is 13.6. The van der Waals surface area contributed by atoms with Crippen LogP contribution in [0.2, 0.25) is 0 Å². The number of methoxy groups -OCH3 is 1. The highest BCUT2D eigenvalue weighted by atomic mass is 16.5. The molecule has 0 radical (unpaired) electrons. The van der Waals surface area contributed by atoms with Crippen LogP contribution in [-0.2, 0) is 9.53 Å². The summed E-state index contributed by atoms with van der Waals surface area (Å²) >= 11 is 0. The van der Waals surface area contributed by atoms with Crippen LogP contribution in [0.1, 0.15) is 50.4 Å². The van der Waals surface area contributed by atoms with Crippen molar-refractivity contribution in [3.8, 4) is 0 Å². The predicted octanol–water partition coefficient (Wildman–Crippen LogP) is 3.17. The molecule has 1 amide bonds. The summed E-state index contributed by atoms with van der Waals surface area (Å²) in [6, 6.07) is 8.93. The summed E-state index contributed by atoms with van der Waals surface area (Å²) in [5, 5.41) is 2.92. The van der Waals surface area contributed by atoms with Gasteiger partial charge in [-0.15, -0.1) is 0 Å². The average molecular weight is 291 g/mol. The van der Waals surface area contributed by atoms with Gasteiger partial charge in [-0.25, -0.2) is 4.79 Å². The lowest BCUT2D eigenvalue weighted by Gasteiger charge is -2.33. The predicted molar refractivity (Wildman–Crippen MR) is 83.0 cm³/mol. The molecule has 0 aliphatic carbocycles. The van der Waals surface area contributed by atoms with Gasteiger partial charge in [0.25, 0.3) is 5.91 Å². The quantitative estimate of drug-likeness (QED) is 0.785. The number of amides is 1. The van der Waals surface area contributed by atoms with Gasteiger partial charge >= 0.3 is 5.97 Å². The van der Waals surface area contributed by atoms with Crippen LogP contribution in [0.15, 0.2) is 30.3 Å². The first-order valence-corrected chi connectivity index (χ1v) is 7.41. The lowest BCUT2D eigenvalue weighted by molar-refractivity contribution is -0.149. The molecule has 0 fully saturated rings. The van der Waals surface area contributed by atoms with Crippen molar-refractivity contribution in [1.29, 1.82) is 0 Å². The molecule has 116 valence electrons. The fourth-order valence-corrected chi connectivity index (χ4v) is 2.65. The third-order valence-electron chi connectivity index (χ3n) is 3.40. The van der Waals surface area contributed by atoms with E-state index in [1.165, 1.54) is 7.11 Å². The zero-order valence-corrected chi connectivity index (χ0v) is 13.3. The number of rotatable bonds is 7. The molecular formula is C17H25NO3. The highest BCUT2D eigenvalue weighted by molar-refractivity contribution is 5.98. The van der Waals surface area contributed by atoms with Gasteiger partial charge in [0.2, 0.25) is 0 Å². The summed E-state index contributed by atoms with van der Waals surface area (Å²) in [6.45, 7) is 6.05. The average Bonchev–Trinajstić information content (AvgIpc) is 2.46. The maximum absolute atomic E-state index is 12.4. The SMILES string of the molecule is CCC[C@@](CC(C)C)(NC(=O)c1ccccc1)C(=O)OC. The van der Waals surface area contributed by atoms with Gasteiger partial charge in [0.15, 0.2) is 0 Å². The van der Waals surface area contributed by atoms with E-state index in [1.54, 1.807) is 24.3 Å². The first kappa shape index (κ1) is 17.2. The van der Waals surface area contributed by atoms with Crippen molar-refractivity contribution >= 4 is 11.9 Å². The van der Waals surface area contributed by atoms with Gasteiger partial charge in [-0.3, -0.25) is 4.79 Å². The second-order valence-electron chi connectivity index (χ2n) is 5.74. The molecule has 0 aliphatic rings. The van der Waals surface area contributed by atoms with Gasteiger partial charge in [0.1, 0.15) is 5.54 Å². The third-order valence-corrected chi connectivity index (χ3v) is 3.40. The van der Waals surface area contributed by atoms with E-state index in [4.69, 9.17) is 4.74 Å². The fraction of sp³-hybridized carbons (Fsp3) is 0.529. The van der Waals surface area contributed by atoms with Crippen LogP contribution in [0.25, 0.3) is 0 Å². The van der Waals surface area contributed by atoms with Crippen LogP contribution in [0.5, 0.6) is 0 Å². The molecule has 0 aromatic heterocycles. The van der Waals surface area contributed by atoms with Gasteiger partial charge in [-0.1, -0.05) is 45.4 Å². The van der Waals surface area contributed by atoms with Crippen molar-refractivity contribution in [2.45, 2.75) is 45.6 Å².